The van der Waals surface area contributed by atoms with Gasteiger partial charge < -0.3 is 31.1 Å². The van der Waals surface area contributed by atoms with Gasteiger partial charge in [0.25, 0.3) is 5.91 Å². The lowest BCUT2D eigenvalue weighted by molar-refractivity contribution is 0.100. The molecule has 1 aliphatic rings. The quantitative estimate of drug-likeness (QED) is 0.380. The summed E-state index contributed by atoms with van der Waals surface area (Å²) in [5.74, 6) is 1.64. The van der Waals surface area contributed by atoms with Crippen LogP contribution in [0.2, 0.25) is 0 Å². The van der Waals surface area contributed by atoms with Crippen LogP contribution in [0.1, 0.15) is 30.1 Å². The molecule has 2 aromatic heterocycles. The number of benzene rings is 1. The second-order valence-corrected chi connectivity index (χ2v) is 8.17. The van der Waals surface area contributed by atoms with Crippen molar-refractivity contribution in [3.63, 3.8) is 0 Å². The summed E-state index contributed by atoms with van der Waals surface area (Å²) in [7, 11) is 0. The smallest absolute Gasteiger partial charge is 0.252 e. The summed E-state index contributed by atoms with van der Waals surface area (Å²) in [5, 5.41) is 15.8. The molecule has 1 aromatic carbocycles. The van der Waals surface area contributed by atoms with Crippen LogP contribution in [-0.2, 0) is 0 Å². The van der Waals surface area contributed by atoms with Crippen molar-refractivity contribution in [3.05, 3.63) is 60.4 Å². The number of carbonyl (C=O) groups excluding carboxylic acids is 1. The van der Waals surface area contributed by atoms with E-state index in [2.05, 4.69) is 25.5 Å². The molecule has 0 radical (unpaired) electrons. The predicted octanol–water partition coefficient (Wildman–Crippen LogP) is 3.67. The third-order valence-electron chi connectivity index (χ3n) is 5.87. The van der Waals surface area contributed by atoms with E-state index in [9.17, 15) is 9.90 Å². The van der Waals surface area contributed by atoms with Crippen molar-refractivity contribution < 1.29 is 14.6 Å². The minimum Gasteiger partial charge on any atom is -0.492 e. The molecule has 0 saturated carbocycles. The van der Waals surface area contributed by atoms with Gasteiger partial charge in [0.05, 0.1) is 35.4 Å². The minimum atomic E-state index is -0.581. The number of carbonyl (C=O) groups is 1. The van der Waals surface area contributed by atoms with E-state index in [4.69, 9.17) is 10.5 Å². The molecule has 4 rings (SSSR count). The average molecular weight is 463 g/mol. The number of para-hydroxylation sites is 2. The van der Waals surface area contributed by atoms with E-state index in [0.717, 1.165) is 37.3 Å². The number of hydrogen-bond donors (Lipinski definition) is 4. The largest absolute Gasteiger partial charge is 0.492 e. The van der Waals surface area contributed by atoms with Gasteiger partial charge in [-0.1, -0.05) is 12.1 Å². The Kier molecular flexibility index (Phi) is 7.44. The van der Waals surface area contributed by atoms with Crippen molar-refractivity contribution in [1.82, 2.24) is 9.97 Å². The second kappa shape index (κ2) is 10.8. The molecule has 9 heteroatoms. The Labute approximate surface area is 199 Å². The van der Waals surface area contributed by atoms with Crippen LogP contribution in [0.4, 0.5) is 28.7 Å². The summed E-state index contributed by atoms with van der Waals surface area (Å²) in [5.41, 5.74) is 8.12. The maximum Gasteiger partial charge on any atom is 0.252 e. The van der Waals surface area contributed by atoms with Crippen molar-refractivity contribution in [2.45, 2.75) is 19.8 Å². The Hall–Kier alpha value is -3.85. The number of aliphatic hydroxyl groups excluding tert-OH is 1. The fourth-order valence-corrected chi connectivity index (χ4v) is 3.97. The van der Waals surface area contributed by atoms with Gasteiger partial charge in [0.2, 0.25) is 0 Å². The summed E-state index contributed by atoms with van der Waals surface area (Å²) in [6.07, 6.45) is 5.23. The molecule has 0 aliphatic carbocycles. The van der Waals surface area contributed by atoms with E-state index in [0.29, 0.717) is 35.6 Å². The highest BCUT2D eigenvalue weighted by Gasteiger charge is 2.19. The van der Waals surface area contributed by atoms with Crippen LogP contribution in [0.25, 0.3) is 0 Å². The first kappa shape index (κ1) is 23.3. The van der Waals surface area contributed by atoms with E-state index < -0.39 is 5.91 Å². The second-order valence-electron chi connectivity index (χ2n) is 8.17. The standard InChI is InChI=1S/C25H30N6O3/c1-2-34-22-6-4-3-5-20(22)29-21-13-24(28-15-19(21)25(26)33)30-23-8-7-18(14-27-23)31-11-9-17(16-32)10-12-31/h3-8,13-15,17,32H,2,9-12,16H2,1H3,(H2,26,33)(H2,27,28,29,30). The third-order valence-corrected chi connectivity index (χ3v) is 5.87. The molecule has 0 atom stereocenters. The number of hydrogen-bond acceptors (Lipinski definition) is 8. The first-order valence-electron chi connectivity index (χ1n) is 11.4. The Bertz CT molecular complexity index is 1110. The lowest BCUT2D eigenvalue weighted by Crippen LogP contribution is -2.34. The number of aromatic nitrogens is 2. The zero-order valence-corrected chi connectivity index (χ0v) is 19.2. The number of anilines is 5. The Balaban J connectivity index is 1.50. The lowest BCUT2D eigenvalue weighted by Gasteiger charge is -2.32. The molecule has 1 fully saturated rings. The number of nitrogens with one attached hydrogen (secondary N) is 2. The normalized spacial score (nSPS) is 14.0. The van der Waals surface area contributed by atoms with Crippen molar-refractivity contribution in [1.29, 1.82) is 0 Å². The zero-order valence-electron chi connectivity index (χ0n) is 19.2. The third kappa shape index (κ3) is 5.55. The van der Waals surface area contributed by atoms with Gasteiger partial charge in [-0.05, 0) is 49.9 Å². The van der Waals surface area contributed by atoms with E-state index >= 15 is 0 Å². The lowest BCUT2D eigenvalue weighted by atomic mass is 9.98. The molecule has 0 spiro atoms. The van der Waals surface area contributed by atoms with Crippen LogP contribution < -0.4 is 26.0 Å². The molecule has 0 unspecified atom stereocenters. The van der Waals surface area contributed by atoms with Gasteiger partial charge in [0, 0.05) is 32.0 Å². The average Bonchev–Trinajstić information content (AvgIpc) is 2.86. The van der Waals surface area contributed by atoms with Gasteiger partial charge in [0.15, 0.2) is 0 Å². The van der Waals surface area contributed by atoms with Gasteiger partial charge in [-0.2, -0.15) is 0 Å². The highest BCUT2D eigenvalue weighted by molar-refractivity contribution is 5.99. The van der Waals surface area contributed by atoms with Crippen LogP contribution in [0, 0.1) is 5.92 Å². The number of aliphatic hydroxyl groups is 1. The van der Waals surface area contributed by atoms with Crippen LogP contribution in [0.3, 0.4) is 0 Å². The number of pyridine rings is 2. The van der Waals surface area contributed by atoms with Crippen LogP contribution in [-0.4, -0.2) is 47.3 Å². The summed E-state index contributed by atoms with van der Waals surface area (Å²) in [6, 6.07) is 13.1. The zero-order chi connectivity index (χ0) is 23.9. The van der Waals surface area contributed by atoms with Crippen molar-refractivity contribution in [2.75, 3.05) is 41.8 Å². The van der Waals surface area contributed by atoms with Crippen molar-refractivity contribution >= 4 is 34.6 Å². The molecule has 5 N–H and O–H groups in total. The van der Waals surface area contributed by atoms with E-state index in [-0.39, 0.29) is 12.2 Å². The molecule has 1 saturated heterocycles. The topological polar surface area (TPSA) is 126 Å². The van der Waals surface area contributed by atoms with Gasteiger partial charge in [-0.3, -0.25) is 4.79 Å². The molecule has 1 amide bonds. The van der Waals surface area contributed by atoms with Gasteiger partial charge >= 0.3 is 0 Å². The number of primary amides is 1. The predicted molar refractivity (Wildman–Crippen MR) is 133 cm³/mol. The summed E-state index contributed by atoms with van der Waals surface area (Å²) < 4.78 is 5.67. The molecular weight excluding hydrogens is 432 g/mol. The van der Waals surface area contributed by atoms with E-state index in [1.165, 1.54) is 6.20 Å². The van der Waals surface area contributed by atoms with Crippen LogP contribution in [0.5, 0.6) is 5.75 Å². The Morgan fingerprint density at radius 1 is 1.09 bits per heavy atom. The van der Waals surface area contributed by atoms with Crippen LogP contribution in [0.15, 0.2) is 54.9 Å². The molecule has 3 aromatic rings. The first-order chi connectivity index (χ1) is 16.6. The van der Waals surface area contributed by atoms with Gasteiger partial charge in [-0.25, -0.2) is 9.97 Å². The number of nitrogens with zero attached hydrogens (tertiary/aromatic N) is 3. The maximum atomic E-state index is 12.0. The highest BCUT2D eigenvalue weighted by atomic mass is 16.5. The Morgan fingerprint density at radius 2 is 1.85 bits per heavy atom. The SMILES string of the molecule is CCOc1ccccc1Nc1cc(Nc2ccc(N3CCC(CO)CC3)cn2)ncc1C(N)=O. The van der Waals surface area contributed by atoms with Crippen molar-refractivity contribution in [2.24, 2.45) is 11.7 Å². The maximum absolute atomic E-state index is 12.0. The minimum absolute atomic E-state index is 0.255. The molecule has 9 nitrogen and oxygen atoms in total. The van der Waals surface area contributed by atoms with Crippen molar-refractivity contribution in [3.8, 4) is 5.75 Å². The molecule has 0 bridgehead atoms. The highest BCUT2D eigenvalue weighted by Crippen LogP contribution is 2.31. The van der Waals surface area contributed by atoms with Crippen LogP contribution >= 0.6 is 0 Å². The van der Waals surface area contributed by atoms with E-state index in [1.54, 1.807) is 6.07 Å². The monoisotopic (exact) mass is 462 g/mol. The summed E-state index contributed by atoms with van der Waals surface area (Å²) in [4.78, 5) is 23.1. The molecule has 178 valence electrons. The number of nitrogens with two attached hydrogens (primary N) is 1. The molecule has 1 aliphatic heterocycles. The Morgan fingerprint density at radius 3 is 2.53 bits per heavy atom. The fraction of sp³-hybridized carbons (Fsp3) is 0.320. The number of ether oxygens (including phenoxy) is 1. The van der Waals surface area contributed by atoms with Gasteiger partial charge in [0.1, 0.15) is 17.4 Å². The number of amides is 1. The first-order valence-corrected chi connectivity index (χ1v) is 11.4. The molecule has 34 heavy (non-hydrogen) atoms. The number of piperidine rings is 1. The summed E-state index contributed by atoms with van der Waals surface area (Å²) >= 11 is 0. The summed E-state index contributed by atoms with van der Waals surface area (Å²) in [6.45, 7) is 4.51. The number of rotatable bonds is 9. The molecule has 3 heterocycles. The molecular formula is C25H30N6O3. The van der Waals surface area contributed by atoms with Gasteiger partial charge in [-0.15, -0.1) is 0 Å². The fourth-order valence-electron chi connectivity index (χ4n) is 3.97. The van der Waals surface area contributed by atoms with E-state index in [1.807, 2.05) is 49.5 Å².